The Kier molecular flexibility index (Phi) is 34.1. The molecule has 13 atom stereocenters. The van der Waals surface area contributed by atoms with Crippen molar-refractivity contribution in [2.24, 2.45) is 11.7 Å². The molecule has 0 bridgehead atoms. The molecule has 0 radical (unpaired) electrons. The van der Waals surface area contributed by atoms with Gasteiger partial charge in [0.15, 0.2) is 5.78 Å². The zero-order valence-corrected chi connectivity index (χ0v) is 59.2. The van der Waals surface area contributed by atoms with Gasteiger partial charge >= 0.3 is 29.8 Å². The maximum atomic E-state index is 14.8. The fraction of sp³-hybridized carbons (Fsp3) is 0.477. The van der Waals surface area contributed by atoms with E-state index in [9.17, 15) is 117 Å². The van der Waals surface area contributed by atoms with Crippen LogP contribution in [-0.4, -0.2) is 240 Å². The standard InChI is InChI=1S/C65H86N16O25S/c1-6-7-15-37-57(97)77-41(22-51(91)92)58(98)71-29(3)55(95)75-40(21-50(89)90)56(96)69-25-48(86)74-44(27-82)62(102)80-53(28(2)17-49(87)88)64(104)79-43(19-45(83)34-13-8-10-14-35(34)66)65(105)106-30(4)54(63(103)70-26-47(85)73-37)81-61(101)42(23-52(93)94)78-60(100)39(20-46(67)84)76-59(99)38(72-31(5)107)18-32-24-68-36-16-11-9-12-33(32)36/h8-14,16,24,28-30,37-44,53-54,68,82H,6-7,15,17-23,25-27,66H2,1-5H3,(H2,67,84)(H,69,96)(H,70,103)(H,71,98)(H,72,107)(H,73,85)(H,74,86)(H,75,95)(H,76,99)(H,77,97)(H,78,100)(H,79,104)(H,80,102)(H,81,101)(H,87,88)(H,89,90)(H,91,92)(H,93,94). The number of rotatable bonds is 27. The average Bonchev–Trinajstić information content (AvgIpc) is 1.83. The Morgan fingerprint density at radius 3 is 1.70 bits per heavy atom. The van der Waals surface area contributed by atoms with Crippen LogP contribution >= 0.6 is 12.2 Å². The average molecular weight is 1520 g/mol. The van der Waals surface area contributed by atoms with Crippen LogP contribution in [0, 0.1) is 5.92 Å². The first-order valence-electron chi connectivity index (χ1n) is 33.1. The van der Waals surface area contributed by atoms with Crippen molar-refractivity contribution in [3.05, 3.63) is 65.9 Å². The number of nitrogen functional groups attached to an aromatic ring is 1. The minimum atomic E-state index is -2.41. The van der Waals surface area contributed by atoms with E-state index in [1.54, 1.807) is 37.4 Å². The molecule has 4 rings (SSSR count). The molecule has 0 aliphatic carbocycles. The number of aliphatic carboxylic acids is 4. The second-order valence-electron chi connectivity index (χ2n) is 24.7. The van der Waals surface area contributed by atoms with Gasteiger partial charge in [0, 0.05) is 41.2 Å². The van der Waals surface area contributed by atoms with Crippen molar-refractivity contribution in [3.63, 3.8) is 0 Å². The lowest BCUT2D eigenvalue weighted by molar-refractivity contribution is -0.156. The normalized spacial score (nSPS) is 21.9. The van der Waals surface area contributed by atoms with Crippen LogP contribution in [0.2, 0.25) is 0 Å². The van der Waals surface area contributed by atoms with E-state index in [1.807, 2.05) is 16.0 Å². The van der Waals surface area contributed by atoms with Crippen LogP contribution in [0.3, 0.4) is 0 Å². The van der Waals surface area contributed by atoms with Crippen LogP contribution in [0.25, 0.3) is 10.9 Å². The van der Waals surface area contributed by atoms with Crippen LogP contribution in [0.15, 0.2) is 54.7 Å². The summed E-state index contributed by atoms with van der Waals surface area (Å²) >= 11 is 5.23. The quantitative estimate of drug-likeness (QED) is 0.0146. The van der Waals surface area contributed by atoms with Gasteiger partial charge < -0.3 is 116 Å². The fourth-order valence-corrected chi connectivity index (χ4v) is 10.7. The van der Waals surface area contributed by atoms with Gasteiger partial charge in [-0.3, -0.25) is 86.3 Å². The number of fused-ring (bicyclic) bond motifs is 1. The number of esters is 1. The van der Waals surface area contributed by atoms with Crippen molar-refractivity contribution in [1.29, 1.82) is 0 Å². The van der Waals surface area contributed by atoms with E-state index in [1.165, 1.54) is 31.2 Å². The number of primary amides is 1. The fourth-order valence-electron chi connectivity index (χ4n) is 10.6. The highest BCUT2D eigenvalue weighted by atomic mass is 32.1. The number of carbonyl (C=O) groups excluding carboxylic acids is 15. The van der Waals surface area contributed by atoms with Gasteiger partial charge in [0.25, 0.3) is 0 Å². The van der Waals surface area contributed by atoms with Gasteiger partial charge in [-0.05, 0) is 56.9 Å². The molecular weight excluding hydrogens is 1440 g/mol. The Morgan fingerprint density at radius 2 is 1.12 bits per heavy atom. The van der Waals surface area contributed by atoms with Gasteiger partial charge in [0.05, 0.1) is 56.8 Å². The first-order valence-corrected chi connectivity index (χ1v) is 33.5. The summed E-state index contributed by atoms with van der Waals surface area (Å²) in [6, 6.07) is -9.86. The number of carbonyl (C=O) groups is 19. The number of benzene rings is 2. The Labute approximate surface area is 613 Å². The SMILES string of the molecule is CCCCC1NC(=O)CNC(=O)C(NC(=O)C(CC(=O)O)NC(=O)C(CC(N)=O)NC(=O)C(Cc2c[nH]c3ccccc23)NC(C)=S)C(C)OC(=O)C(CC(=O)c2ccccc2N)NC(=O)C(C(C)CC(=O)O)NC(=O)C(CO)NC(=O)CNC(=O)C(CC(=O)O)NC(=O)C(C)NC(=O)C(CC(=O)O)NC1=O. The Hall–Kier alpha value is -12.2. The first kappa shape index (κ1) is 87.2. The number of hydrogen-bond donors (Lipinski definition) is 21. The summed E-state index contributed by atoms with van der Waals surface area (Å²) in [5.41, 5.74) is 12.4. The number of para-hydroxylation sites is 2. The van der Waals surface area contributed by atoms with Crippen LogP contribution in [0.1, 0.15) is 108 Å². The van der Waals surface area contributed by atoms with E-state index >= 15 is 0 Å². The maximum absolute atomic E-state index is 14.8. The molecule has 2 heterocycles. The summed E-state index contributed by atoms with van der Waals surface area (Å²) in [5, 5.41) is 78.8. The number of aromatic nitrogens is 1. The van der Waals surface area contributed by atoms with Crippen molar-refractivity contribution in [3.8, 4) is 0 Å². The summed E-state index contributed by atoms with van der Waals surface area (Å²) in [6.07, 6.45) is -7.26. The van der Waals surface area contributed by atoms with Crippen molar-refractivity contribution >= 4 is 146 Å². The highest BCUT2D eigenvalue weighted by Gasteiger charge is 2.41. The monoisotopic (exact) mass is 1520 g/mol. The number of carboxylic acids is 4. The predicted molar refractivity (Wildman–Crippen MR) is 372 cm³/mol. The molecule has 1 aliphatic heterocycles. The highest BCUT2D eigenvalue weighted by molar-refractivity contribution is 7.80. The number of aliphatic hydroxyl groups excluding tert-OH is 1. The smallest absolute Gasteiger partial charge is 0.329 e. The number of H-pyrrole nitrogens is 1. The number of anilines is 1. The molecule has 42 heteroatoms. The predicted octanol–water partition coefficient (Wildman–Crippen LogP) is -6.49. The van der Waals surface area contributed by atoms with E-state index < -0.39 is 249 Å². The topological polar surface area (TPSA) is 659 Å². The van der Waals surface area contributed by atoms with Gasteiger partial charge in [-0.2, -0.15) is 0 Å². The Bertz CT molecular complexity index is 3890. The van der Waals surface area contributed by atoms with Crippen LogP contribution < -0.4 is 80.6 Å². The number of ketones is 1. The number of cyclic esters (lactones) is 1. The summed E-state index contributed by atoms with van der Waals surface area (Å²) in [4.78, 5) is 261. The lowest BCUT2D eigenvalue weighted by Crippen LogP contribution is -2.62. The molecule has 107 heavy (non-hydrogen) atoms. The number of nitrogens with one attached hydrogen (secondary N) is 14. The second kappa shape index (κ2) is 41.9. The third-order valence-electron chi connectivity index (χ3n) is 16.0. The number of aromatic amines is 1. The molecule has 13 unspecified atom stereocenters. The van der Waals surface area contributed by atoms with E-state index in [0.717, 1.165) is 20.8 Å². The molecule has 13 amide bonds. The molecule has 2 aromatic carbocycles. The molecule has 1 saturated heterocycles. The zero-order chi connectivity index (χ0) is 80.1. The third kappa shape index (κ3) is 28.4. The van der Waals surface area contributed by atoms with Gasteiger partial charge in [-0.25, -0.2) is 4.79 Å². The summed E-state index contributed by atoms with van der Waals surface area (Å²) < 4.78 is 5.66. The molecule has 0 spiro atoms. The van der Waals surface area contributed by atoms with Crippen molar-refractivity contribution in [2.45, 2.75) is 171 Å². The number of Topliss-reactive ketones (excluding diaryl/α,β-unsaturated/α-hetero) is 1. The largest absolute Gasteiger partial charge is 0.481 e. The molecule has 1 aliphatic rings. The number of unbranched alkanes of at least 4 members (excludes halogenated alkanes) is 1. The van der Waals surface area contributed by atoms with Crippen LogP contribution in [0.5, 0.6) is 0 Å². The summed E-state index contributed by atoms with van der Waals surface area (Å²) in [5.74, 6) is -28.6. The van der Waals surface area contributed by atoms with E-state index in [-0.39, 0.29) is 35.5 Å². The molecule has 3 aromatic rings. The molecule has 1 aromatic heterocycles. The van der Waals surface area contributed by atoms with E-state index in [4.69, 9.17) is 28.4 Å². The van der Waals surface area contributed by atoms with Crippen molar-refractivity contribution in [2.75, 3.05) is 25.4 Å². The van der Waals surface area contributed by atoms with Crippen LogP contribution in [-0.2, 0) is 97.5 Å². The number of nitrogens with two attached hydrogens (primary N) is 2. The lowest BCUT2D eigenvalue weighted by Gasteiger charge is -2.30. The number of carboxylic acid groups (broad SMARTS) is 4. The lowest BCUT2D eigenvalue weighted by atomic mass is 9.96. The van der Waals surface area contributed by atoms with Gasteiger partial charge in [-0.1, -0.05) is 69.2 Å². The Morgan fingerprint density at radius 1 is 0.589 bits per heavy atom. The molecule has 23 N–H and O–H groups in total. The number of hydrogen-bond acceptors (Lipinski definition) is 23. The van der Waals surface area contributed by atoms with Gasteiger partial charge in [0.1, 0.15) is 72.6 Å². The second-order valence-corrected chi connectivity index (χ2v) is 25.3. The number of ether oxygens (including phenoxy) is 1. The maximum Gasteiger partial charge on any atom is 0.329 e. The number of thiocarbonyl (C=S) groups is 1. The Balaban J connectivity index is 1.88. The number of amides is 13. The molecule has 582 valence electrons. The van der Waals surface area contributed by atoms with Gasteiger partial charge in [-0.15, -0.1) is 0 Å². The molecule has 41 nitrogen and oxygen atoms in total. The minimum absolute atomic E-state index is 0.0879. The highest BCUT2D eigenvalue weighted by Crippen LogP contribution is 2.21. The van der Waals surface area contributed by atoms with Crippen molar-refractivity contribution < 1.29 is 121 Å². The molecule has 0 saturated carbocycles. The number of aliphatic hydroxyl groups is 1. The third-order valence-corrected chi connectivity index (χ3v) is 16.2. The minimum Gasteiger partial charge on any atom is -0.481 e. The van der Waals surface area contributed by atoms with E-state index in [2.05, 4.69) is 58.2 Å². The molecule has 1 fully saturated rings. The van der Waals surface area contributed by atoms with Crippen molar-refractivity contribution in [1.82, 2.24) is 74.1 Å². The zero-order valence-electron chi connectivity index (χ0n) is 58.4. The van der Waals surface area contributed by atoms with Crippen LogP contribution in [0.4, 0.5) is 5.69 Å². The summed E-state index contributed by atoms with van der Waals surface area (Å²) in [7, 11) is 0. The molecular formula is C65H86N16O25S. The first-order chi connectivity index (χ1) is 50.3. The van der Waals surface area contributed by atoms with E-state index in [0.29, 0.717) is 22.9 Å². The summed E-state index contributed by atoms with van der Waals surface area (Å²) in [6.45, 7) is 2.42. The van der Waals surface area contributed by atoms with Gasteiger partial charge in [0.2, 0.25) is 76.8 Å².